The Bertz CT molecular complexity index is 726. The summed E-state index contributed by atoms with van der Waals surface area (Å²) in [5.74, 6) is 1.53. The highest BCUT2D eigenvalue weighted by Crippen LogP contribution is 2.71. The molecule has 2 bridgehead atoms. The number of Topliss-reactive ketones (excluding diaryl/α,β-unsaturated/α-hetero) is 1. The molecule has 4 saturated carbocycles. The number of rotatable bonds is 0. The number of hydrogen-bond donors (Lipinski definition) is 2. The molecule has 4 fully saturated rings. The number of hydrogen-bond acceptors (Lipinski definition) is 3. The first kappa shape index (κ1) is 14.9. The number of benzene rings is 1. The molecule has 2 unspecified atom stereocenters. The van der Waals surface area contributed by atoms with Crippen molar-refractivity contribution in [2.24, 2.45) is 22.7 Å². The first-order valence-electron chi connectivity index (χ1n) is 9.49. The highest BCUT2D eigenvalue weighted by molar-refractivity contribution is 5.85. The smallest absolute Gasteiger partial charge is 0.139 e. The fourth-order valence-corrected chi connectivity index (χ4v) is 7.17. The van der Waals surface area contributed by atoms with Crippen LogP contribution in [0.2, 0.25) is 0 Å². The van der Waals surface area contributed by atoms with Gasteiger partial charge in [0, 0.05) is 17.8 Å². The zero-order valence-corrected chi connectivity index (χ0v) is 14.3. The molecule has 0 amide bonds. The molecule has 0 aromatic heterocycles. The van der Waals surface area contributed by atoms with Crippen molar-refractivity contribution in [2.75, 3.05) is 0 Å². The lowest BCUT2D eigenvalue weighted by molar-refractivity contribution is -0.217. The van der Waals surface area contributed by atoms with Crippen LogP contribution in [0.1, 0.15) is 62.5 Å². The van der Waals surface area contributed by atoms with E-state index in [4.69, 9.17) is 0 Å². The minimum Gasteiger partial charge on any atom is -0.508 e. The Morgan fingerprint density at radius 1 is 1.12 bits per heavy atom. The molecule has 24 heavy (non-hydrogen) atoms. The van der Waals surface area contributed by atoms with E-state index in [2.05, 4.69) is 13.0 Å². The van der Waals surface area contributed by atoms with E-state index in [1.807, 2.05) is 12.1 Å². The van der Waals surface area contributed by atoms with Crippen molar-refractivity contribution in [3.05, 3.63) is 29.3 Å². The predicted octanol–water partition coefficient (Wildman–Crippen LogP) is 3.57. The van der Waals surface area contributed by atoms with Gasteiger partial charge in [-0.1, -0.05) is 13.0 Å². The summed E-state index contributed by atoms with van der Waals surface area (Å²) in [7, 11) is 0. The quantitative estimate of drug-likeness (QED) is 0.766. The molecule has 3 nitrogen and oxygen atoms in total. The Labute approximate surface area is 143 Å². The second kappa shape index (κ2) is 4.63. The molecule has 0 radical (unpaired) electrons. The summed E-state index contributed by atoms with van der Waals surface area (Å²) in [5.41, 5.74) is 2.55. The standard InChI is InChI=1S/C21H26O3/c1-20-8-6-15-14-4-3-13(22)10-12(14)2-5-17(15)21(20)9-7-16(19(20)24)18(23)11-21/h3-4,10,15-17,19,22,24H,2,5-9,11H2,1H3/t15?,16-,17?,19-,20+,21-/m0/s1. The number of phenolic OH excluding ortho intramolecular Hbond substituents is 1. The van der Waals surface area contributed by atoms with Crippen molar-refractivity contribution in [1.82, 2.24) is 0 Å². The minimum atomic E-state index is -0.449. The van der Waals surface area contributed by atoms with Crippen LogP contribution < -0.4 is 0 Å². The van der Waals surface area contributed by atoms with Gasteiger partial charge in [0.1, 0.15) is 11.5 Å². The first-order chi connectivity index (χ1) is 11.5. The Hall–Kier alpha value is -1.35. The van der Waals surface area contributed by atoms with Gasteiger partial charge < -0.3 is 10.2 Å². The molecular weight excluding hydrogens is 300 g/mol. The molecule has 6 atom stereocenters. The SMILES string of the molecule is C[C@]12CCC3c4ccc(O)cc4CCC3[C@@]13CC[C@@H](C(=O)C3)[C@@H]2O. The van der Waals surface area contributed by atoms with Gasteiger partial charge >= 0.3 is 0 Å². The van der Waals surface area contributed by atoms with Gasteiger partial charge in [-0.3, -0.25) is 4.79 Å². The minimum absolute atomic E-state index is 0.0171. The van der Waals surface area contributed by atoms with Gasteiger partial charge in [0.15, 0.2) is 0 Å². The molecular formula is C21H26O3. The number of carbonyl (C=O) groups is 1. The monoisotopic (exact) mass is 326 g/mol. The molecule has 128 valence electrons. The fraction of sp³-hybridized carbons (Fsp3) is 0.667. The molecule has 5 aliphatic carbocycles. The molecule has 1 aromatic carbocycles. The van der Waals surface area contributed by atoms with Crippen molar-refractivity contribution in [2.45, 2.75) is 63.9 Å². The van der Waals surface area contributed by atoms with Crippen LogP contribution in [0.4, 0.5) is 0 Å². The van der Waals surface area contributed by atoms with E-state index >= 15 is 0 Å². The van der Waals surface area contributed by atoms with Gasteiger partial charge in [-0.2, -0.15) is 0 Å². The van der Waals surface area contributed by atoms with Gasteiger partial charge in [0.25, 0.3) is 0 Å². The van der Waals surface area contributed by atoms with Crippen LogP contribution in [0.15, 0.2) is 18.2 Å². The molecule has 1 aromatic rings. The molecule has 5 aliphatic rings. The second-order valence-electron chi connectivity index (χ2n) is 8.98. The molecule has 2 N–H and O–H groups in total. The topological polar surface area (TPSA) is 57.5 Å². The van der Waals surface area contributed by atoms with Crippen LogP contribution in [0.5, 0.6) is 5.75 Å². The average molecular weight is 326 g/mol. The Balaban J connectivity index is 1.63. The summed E-state index contributed by atoms with van der Waals surface area (Å²) in [6.45, 7) is 2.26. The fourth-order valence-electron chi connectivity index (χ4n) is 7.17. The molecule has 6 rings (SSSR count). The average Bonchev–Trinajstić information content (AvgIpc) is 2.56. The van der Waals surface area contributed by atoms with Gasteiger partial charge in [-0.15, -0.1) is 0 Å². The molecule has 0 saturated heterocycles. The Kier molecular flexibility index (Phi) is 2.88. The number of carbonyl (C=O) groups excluding carboxylic acids is 1. The van der Waals surface area contributed by atoms with Crippen molar-refractivity contribution >= 4 is 5.78 Å². The molecule has 1 spiro atoms. The van der Waals surface area contributed by atoms with Crippen molar-refractivity contribution in [1.29, 1.82) is 0 Å². The van der Waals surface area contributed by atoms with Gasteiger partial charge in [0.05, 0.1) is 6.10 Å². The third kappa shape index (κ3) is 1.60. The summed E-state index contributed by atoms with van der Waals surface area (Å²) in [6, 6.07) is 5.84. The van der Waals surface area contributed by atoms with Crippen LogP contribution in [0.25, 0.3) is 0 Å². The van der Waals surface area contributed by atoms with Crippen molar-refractivity contribution in [3.63, 3.8) is 0 Å². The van der Waals surface area contributed by atoms with Gasteiger partial charge in [-0.25, -0.2) is 0 Å². The summed E-state index contributed by atoms with van der Waals surface area (Å²) in [6.07, 6.45) is 6.39. The predicted molar refractivity (Wildman–Crippen MR) is 90.8 cm³/mol. The normalized spacial score (nSPS) is 46.2. The highest BCUT2D eigenvalue weighted by Gasteiger charge is 2.68. The highest BCUT2D eigenvalue weighted by atomic mass is 16.3. The van der Waals surface area contributed by atoms with Crippen LogP contribution in [-0.4, -0.2) is 22.1 Å². The maximum Gasteiger partial charge on any atom is 0.139 e. The molecule has 0 heterocycles. The summed E-state index contributed by atoms with van der Waals surface area (Å²) < 4.78 is 0. The lowest BCUT2D eigenvalue weighted by Gasteiger charge is -2.68. The van der Waals surface area contributed by atoms with E-state index in [1.165, 1.54) is 11.1 Å². The maximum absolute atomic E-state index is 12.6. The van der Waals surface area contributed by atoms with E-state index in [1.54, 1.807) is 0 Å². The van der Waals surface area contributed by atoms with Gasteiger partial charge in [-0.05, 0) is 79.0 Å². The third-order valence-electron chi connectivity index (χ3n) is 8.40. The lowest BCUT2D eigenvalue weighted by atomic mass is 9.36. The van der Waals surface area contributed by atoms with Crippen molar-refractivity contribution < 1.29 is 15.0 Å². The van der Waals surface area contributed by atoms with E-state index in [0.29, 0.717) is 29.8 Å². The Morgan fingerprint density at radius 3 is 2.71 bits per heavy atom. The van der Waals surface area contributed by atoms with E-state index in [9.17, 15) is 15.0 Å². The number of ketones is 1. The number of aliphatic hydroxyl groups is 1. The summed E-state index contributed by atoms with van der Waals surface area (Å²) in [5, 5.41) is 20.8. The first-order valence-corrected chi connectivity index (χ1v) is 9.49. The van der Waals surface area contributed by atoms with Crippen LogP contribution in [0, 0.1) is 22.7 Å². The zero-order chi connectivity index (χ0) is 16.7. The van der Waals surface area contributed by atoms with Crippen LogP contribution in [0.3, 0.4) is 0 Å². The zero-order valence-electron chi connectivity index (χ0n) is 14.3. The largest absolute Gasteiger partial charge is 0.508 e. The van der Waals surface area contributed by atoms with E-state index in [0.717, 1.165) is 38.5 Å². The number of fused-ring (bicyclic) bond motifs is 5. The molecule has 3 heteroatoms. The van der Waals surface area contributed by atoms with Crippen molar-refractivity contribution in [3.8, 4) is 5.75 Å². The second-order valence-corrected chi connectivity index (χ2v) is 8.98. The van der Waals surface area contributed by atoms with E-state index < -0.39 is 6.10 Å². The van der Waals surface area contributed by atoms with Crippen LogP contribution >= 0.6 is 0 Å². The number of aryl methyl sites for hydroxylation is 1. The third-order valence-corrected chi connectivity index (χ3v) is 8.40. The molecule has 0 aliphatic heterocycles. The summed E-state index contributed by atoms with van der Waals surface area (Å²) in [4.78, 5) is 12.6. The van der Waals surface area contributed by atoms with Gasteiger partial charge in [0.2, 0.25) is 0 Å². The van der Waals surface area contributed by atoms with E-state index in [-0.39, 0.29) is 16.7 Å². The van der Waals surface area contributed by atoms with Crippen LogP contribution in [-0.2, 0) is 11.2 Å². The number of phenols is 1. The maximum atomic E-state index is 12.6. The lowest BCUT2D eigenvalue weighted by Crippen LogP contribution is -2.67. The summed E-state index contributed by atoms with van der Waals surface area (Å²) >= 11 is 0. The Morgan fingerprint density at radius 2 is 1.92 bits per heavy atom. The number of aromatic hydroxyl groups is 1. The number of aliphatic hydroxyl groups excluding tert-OH is 1.